The third kappa shape index (κ3) is 10.5. The number of nitrogens with one attached hydrogen (secondary N) is 3. The molecule has 1 heterocycles. The topological polar surface area (TPSA) is 118 Å². The van der Waals surface area contributed by atoms with Gasteiger partial charge >= 0.3 is 0 Å². The highest BCUT2D eigenvalue weighted by molar-refractivity contribution is 8.04. The minimum Gasteiger partial charge on any atom is -0.383 e. The molecule has 1 fully saturated rings. The second-order valence-corrected chi connectivity index (χ2v) is 8.59. The summed E-state index contributed by atoms with van der Waals surface area (Å²) in [5.41, 5.74) is 1.28. The number of nitrogens with zero attached hydrogens (tertiary/aromatic N) is 3. The Balaban J connectivity index is 0.00000308. The van der Waals surface area contributed by atoms with E-state index in [0.717, 1.165) is 25.3 Å². The first-order valence-electron chi connectivity index (χ1n) is 13.1. The Morgan fingerprint density at radius 2 is 1.65 bits per heavy atom. The number of likely N-dealkylation sites (N-methyl/N-ethyl adjacent to an activating group) is 2. The molecule has 1 aliphatic rings. The lowest BCUT2D eigenvalue weighted by molar-refractivity contribution is -0.126. The summed E-state index contributed by atoms with van der Waals surface area (Å²) >= 11 is 1.20. The minimum atomic E-state index is -0.485. The fourth-order valence-electron chi connectivity index (χ4n) is 3.30. The van der Waals surface area contributed by atoms with Crippen molar-refractivity contribution in [3.63, 3.8) is 0 Å². The van der Waals surface area contributed by atoms with E-state index in [2.05, 4.69) is 34.7 Å². The molecule has 1 saturated heterocycles. The number of nitriles is 1. The highest BCUT2D eigenvalue weighted by atomic mass is 32.2. The average molecular weight is 533 g/mol. The van der Waals surface area contributed by atoms with E-state index in [4.69, 9.17) is 0 Å². The summed E-state index contributed by atoms with van der Waals surface area (Å²) in [6.45, 7) is 18.0. The van der Waals surface area contributed by atoms with Gasteiger partial charge in [-0.1, -0.05) is 53.3 Å². The second kappa shape index (κ2) is 19.1. The van der Waals surface area contributed by atoms with Gasteiger partial charge in [0.05, 0.1) is 0 Å². The largest absolute Gasteiger partial charge is 0.383 e. The SMILES string of the molecule is CC.CC.CCNC(=O)/C(C#N)=C1\SC(CNc2ccc(C(=O)NCCN(CC)CC)cc2)C(=O)N1C. The van der Waals surface area contributed by atoms with Crippen molar-refractivity contribution in [2.75, 3.05) is 51.6 Å². The van der Waals surface area contributed by atoms with Gasteiger partial charge in [-0.3, -0.25) is 14.4 Å². The Morgan fingerprint density at radius 1 is 1.05 bits per heavy atom. The van der Waals surface area contributed by atoms with E-state index >= 15 is 0 Å². The van der Waals surface area contributed by atoms with Crippen LogP contribution >= 0.6 is 11.8 Å². The van der Waals surface area contributed by atoms with Gasteiger partial charge < -0.3 is 25.8 Å². The van der Waals surface area contributed by atoms with Crippen molar-refractivity contribution in [3.8, 4) is 6.07 Å². The zero-order valence-corrected chi connectivity index (χ0v) is 24.4. The molecule has 1 aliphatic heterocycles. The number of carbonyl (C=O) groups excluding carboxylic acids is 3. The Kier molecular flexibility index (Phi) is 17.6. The van der Waals surface area contributed by atoms with Crippen molar-refractivity contribution in [2.24, 2.45) is 0 Å². The molecule has 37 heavy (non-hydrogen) atoms. The fourth-order valence-corrected chi connectivity index (χ4v) is 4.50. The average Bonchev–Trinajstić information content (AvgIpc) is 3.21. The Hall–Kier alpha value is -3.03. The van der Waals surface area contributed by atoms with Gasteiger partial charge in [-0.05, 0) is 44.3 Å². The maximum atomic E-state index is 12.6. The molecule has 9 nitrogen and oxygen atoms in total. The third-order valence-electron chi connectivity index (χ3n) is 5.30. The van der Waals surface area contributed by atoms with Crippen molar-refractivity contribution in [1.29, 1.82) is 5.26 Å². The lowest BCUT2D eigenvalue weighted by atomic mass is 10.2. The summed E-state index contributed by atoms with van der Waals surface area (Å²) in [7, 11) is 1.56. The molecule has 3 N–H and O–H groups in total. The molecule has 1 aromatic rings. The van der Waals surface area contributed by atoms with Gasteiger partial charge in [0.2, 0.25) is 5.91 Å². The van der Waals surface area contributed by atoms with E-state index in [1.807, 2.05) is 33.8 Å². The maximum absolute atomic E-state index is 12.6. The number of benzene rings is 1. The van der Waals surface area contributed by atoms with Crippen LogP contribution in [0.15, 0.2) is 34.9 Å². The second-order valence-electron chi connectivity index (χ2n) is 7.40. The van der Waals surface area contributed by atoms with Crippen LogP contribution in [0.2, 0.25) is 0 Å². The first-order chi connectivity index (χ1) is 17.9. The molecule has 1 unspecified atom stereocenters. The van der Waals surface area contributed by atoms with Crippen LogP contribution in [0.25, 0.3) is 0 Å². The molecule has 0 spiro atoms. The van der Waals surface area contributed by atoms with E-state index in [1.165, 1.54) is 16.7 Å². The van der Waals surface area contributed by atoms with E-state index in [-0.39, 0.29) is 17.4 Å². The Bertz CT molecular complexity index is 923. The van der Waals surface area contributed by atoms with E-state index < -0.39 is 11.2 Å². The van der Waals surface area contributed by atoms with Gasteiger partial charge in [0.1, 0.15) is 21.9 Å². The molecule has 0 saturated carbocycles. The number of carbonyl (C=O) groups is 3. The van der Waals surface area contributed by atoms with Crippen LogP contribution in [-0.4, -0.2) is 79.1 Å². The van der Waals surface area contributed by atoms with Crippen LogP contribution < -0.4 is 16.0 Å². The molecule has 0 bridgehead atoms. The lowest BCUT2D eigenvalue weighted by Gasteiger charge is -2.18. The summed E-state index contributed by atoms with van der Waals surface area (Å²) in [4.78, 5) is 40.6. The van der Waals surface area contributed by atoms with Gasteiger partial charge in [0.15, 0.2) is 0 Å². The number of amides is 3. The smallest absolute Gasteiger partial charge is 0.264 e. The number of rotatable bonds is 11. The molecule has 0 aliphatic carbocycles. The first kappa shape index (κ1) is 34.0. The van der Waals surface area contributed by atoms with Gasteiger partial charge in [-0.25, -0.2) is 0 Å². The van der Waals surface area contributed by atoms with Crippen molar-refractivity contribution in [1.82, 2.24) is 20.4 Å². The highest BCUT2D eigenvalue weighted by Gasteiger charge is 2.37. The summed E-state index contributed by atoms with van der Waals surface area (Å²) in [5.74, 6) is -0.786. The van der Waals surface area contributed by atoms with Crippen LogP contribution in [0.4, 0.5) is 5.69 Å². The first-order valence-corrected chi connectivity index (χ1v) is 13.9. The van der Waals surface area contributed by atoms with E-state index in [9.17, 15) is 19.6 Å². The number of thioether (sulfide) groups is 1. The molecular weight excluding hydrogens is 488 g/mol. The molecule has 206 valence electrons. The molecule has 1 aromatic carbocycles. The zero-order valence-electron chi connectivity index (χ0n) is 23.6. The normalized spacial score (nSPS) is 15.5. The maximum Gasteiger partial charge on any atom is 0.264 e. The molecule has 2 rings (SSSR count). The van der Waals surface area contributed by atoms with Gasteiger partial charge in [-0.15, -0.1) is 0 Å². The third-order valence-corrected chi connectivity index (χ3v) is 6.66. The molecule has 10 heteroatoms. The van der Waals surface area contributed by atoms with Crippen LogP contribution in [0.5, 0.6) is 0 Å². The number of hydrogen-bond acceptors (Lipinski definition) is 7. The lowest BCUT2D eigenvalue weighted by Crippen LogP contribution is -2.34. The number of hydrogen-bond donors (Lipinski definition) is 3. The fraction of sp³-hybridized carbons (Fsp3) is 0.556. The van der Waals surface area contributed by atoms with Crippen molar-refractivity contribution in [2.45, 2.75) is 53.7 Å². The molecule has 0 radical (unpaired) electrons. The van der Waals surface area contributed by atoms with Gasteiger partial charge in [0.25, 0.3) is 11.8 Å². The van der Waals surface area contributed by atoms with E-state index in [1.54, 1.807) is 38.2 Å². The van der Waals surface area contributed by atoms with Crippen molar-refractivity contribution in [3.05, 3.63) is 40.4 Å². The number of anilines is 1. The van der Waals surface area contributed by atoms with Gasteiger partial charge in [-0.2, -0.15) is 5.26 Å². The highest BCUT2D eigenvalue weighted by Crippen LogP contribution is 2.36. The van der Waals surface area contributed by atoms with Gasteiger partial charge in [0, 0.05) is 44.5 Å². The summed E-state index contributed by atoms with van der Waals surface area (Å²) in [5, 5.41) is 18.0. The molecule has 1 atom stereocenters. The Morgan fingerprint density at radius 3 is 2.16 bits per heavy atom. The Labute approximate surface area is 227 Å². The molecule has 3 amide bonds. The standard InChI is InChI=1S/C23H32N6O3S.2C2H6/c1-5-25-21(31)18(14-24)23-28(4)22(32)19(33-23)15-27-17-10-8-16(9-11-17)20(30)26-12-13-29(6-2)7-3;2*1-2/h8-11,19,27H,5-7,12-13,15H2,1-4H3,(H,25,31)(H,26,30);2*1-2H3/b23-18-;;. The minimum absolute atomic E-state index is 0.0587. The van der Waals surface area contributed by atoms with Crippen LogP contribution in [0, 0.1) is 11.3 Å². The van der Waals surface area contributed by atoms with Crippen LogP contribution in [0.1, 0.15) is 58.8 Å². The van der Waals surface area contributed by atoms with Crippen molar-refractivity contribution < 1.29 is 14.4 Å². The summed E-state index contributed by atoms with van der Waals surface area (Å²) < 4.78 is 0. The van der Waals surface area contributed by atoms with E-state index in [0.29, 0.717) is 30.2 Å². The summed E-state index contributed by atoms with van der Waals surface area (Å²) in [6, 6.07) is 8.96. The van der Waals surface area contributed by atoms with Crippen LogP contribution in [-0.2, 0) is 9.59 Å². The monoisotopic (exact) mass is 532 g/mol. The molecular formula is C27H44N6O3S. The quantitative estimate of drug-likeness (QED) is 0.294. The van der Waals surface area contributed by atoms with Crippen LogP contribution in [0.3, 0.4) is 0 Å². The predicted molar refractivity (Wildman–Crippen MR) is 153 cm³/mol. The summed E-state index contributed by atoms with van der Waals surface area (Å²) in [6.07, 6.45) is 0. The van der Waals surface area contributed by atoms with Crippen molar-refractivity contribution >= 4 is 35.2 Å². The zero-order chi connectivity index (χ0) is 28.4. The molecule has 0 aromatic heterocycles. The predicted octanol–water partition coefficient (Wildman–Crippen LogP) is 3.67.